The Balaban J connectivity index is 1.73. The minimum atomic E-state index is -4.57. The van der Waals surface area contributed by atoms with Gasteiger partial charge in [-0.25, -0.2) is 4.98 Å². The number of ether oxygens (including phenoxy) is 1. The van der Waals surface area contributed by atoms with Gasteiger partial charge in [-0.15, -0.1) is 0 Å². The van der Waals surface area contributed by atoms with Crippen molar-refractivity contribution in [2.24, 2.45) is 0 Å². The number of hydrogen-bond donors (Lipinski definition) is 0. The van der Waals surface area contributed by atoms with Crippen molar-refractivity contribution >= 4 is 23.2 Å². The summed E-state index contributed by atoms with van der Waals surface area (Å²) in [4.78, 5) is 9.11. The molecule has 0 aliphatic carbocycles. The summed E-state index contributed by atoms with van der Waals surface area (Å²) in [5, 5.41) is 4.55. The van der Waals surface area contributed by atoms with E-state index in [0.717, 1.165) is 11.6 Å². The largest absolute Gasteiger partial charge is 0.433 e. The van der Waals surface area contributed by atoms with E-state index in [1.54, 1.807) is 11.0 Å². The maximum Gasteiger partial charge on any atom is 0.433 e. The number of fused-ring (bicyclic) bond motifs is 1. The molecule has 0 saturated carbocycles. The average Bonchev–Trinajstić information content (AvgIpc) is 3.09. The molecule has 0 amide bonds. The van der Waals surface area contributed by atoms with Crippen LogP contribution in [-0.4, -0.2) is 39.3 Å². The minimum Gasteiger partial charge on any atom is -0.370 e. The normalized spacial score (nSPS) is 18.5. The molecular weight excluding hydrogens is 371 g/mol. The Morgan fingerprint density at radius 3 is 2.81 bits per heavy atom. The van der Waals surface area contributed by atoms with E-state index in [9.17, 15) is 13.2 Å². The molecule has 3 heterocycles. The predicted molar refractivity (Wildman–Crippen MR) is 88.1 cm³/mol. The van der Waals surface area contributed by atoms with Gasteiger partial charge in [-0.3, -0.25) is 0 Å². The van der Waals surface area contributed by atoms with Gasteiger partial charge in [0.2, 0.25) is 0 Å². The Morgan fingerprint density at radius 2 is 2.04 bits per heavy atom. The molecule has 26 heavy (non-hydrogen) atoms. The van der Waals surface area contributed by atoms with Crippen LogP contribution in [0.5, 0.6) is 0 Å². The predicted octanol–water partition coefficient (Wildman–Crippen LogP) is 3.37. The molecule has 10 heteroatoms. The van der Waals surface area contributed by atoms with E-state index in [1.807, 2.05) is 18.2 Å². The third-order valence-electron chi connectivity index (χ3n) is 4.17. The summed E-state index contributed by atoms with van der Waals surface area (Å²) in [6.45, 7) is 1.09. The third-order valence-corrected chi connectivity index (χ3v) is 4.51. The molecule has 0 radical (unpaired) electrons. The quantitative estimate of drug-likeness (QED) is 0.679. The molecular formula is C16H13ClF3N5O. The lowest BCUT2D eigenvalue weighted by Gasteiger charge is -2.35. The van der Waals surface area contributed by atoms with Crippen LogP contribution in [0.15, 0.2) is 36.7 Å². The fraction of sp³-hybridized carbons (Fsp3) is 0.312. The Bertz CT molecular complexity index is 945. The van der Waals surface area contributed by atoms with Crippen LogP contribution >= 0.6 is 11.6 Å². The van der Waals surface area contributed by atoms with Crippen molar-refractivity contribution in [2.75, 3.05) is 24.6 Å². The van der Waals surface area contributed by atoms with E-state index >= 15 is 0 Å². The van der Waals surface area contributed by atoms with Crippen molar-refractivity contribution in [3.8, 4) is 0 Å². The molecule has 1 saturated heterocycles. The fourth-order valence-electron chi connectivity index (χ4n) is 2.95. The topological polar surface area (TPSA) is 55.6 Å². The number of rotatable bonds is 2. The zero-order chi connectivity index (χ0) is 18.3. The number of morpholine rings is 1. The van der Waals surface area contributed by atoms with Gasteiger partial charge in [0.25, 0.3) is 5.78 Å². The molecule has 4 rings (SSSR count). The SMILES string of the molecule is FC(F)(F)c1cc(N2CCOC(c3ccccc3Cl)C2)n2ncnc2n1. The first-order valence-corrected chi connectivity index (χ1v) is 8.20. The van der Waals surface area contributed by atoms with Gasteiger partial charge in [0.1, 0.15) is 18.2 Å². The second kappa shape index (κ2) is 6.40. The number of aromatic nitrogens is 4. The highest BCUT2D eigenvalue weighted by Crippen LogP contribution is 2.33. The first-order valence-electron chi connectivity index (χ1n) is 7.82. The van der Waals surface area contributed by atoms with Gasteiger partial charge < -0.3 is 9.64 Å². The van der Waals surface area contributed by atoms with Crippen LogP contribution in [-0.2, 0) is 10.9 Å². The minimum absolute atomic E-state index is 0.101. The lowest BCUT2D eigenvalue weighted by Crippen LogP contribution is -2.39. The Morgan fingerprint density at radius 1 is 1.23 bits per heavy atom. The van der Waals surface area contributed by atoms with E-state index in [4.69, 9.17) is 16.3 Å². The Hall–Kier alpha value is -2.39. The maximum absolute atomic E-state index is 13.2. The van der Waals surface area contributed by atoms with Crippen LogP contribution in [0.1, 0.15) is 17.4 Å². The maximum atomic E-state index is 13.2. The number of anilines is 1. The number of benzene rings is 1. The molecule has 6 nitrogen and oxygen atoms in total. The molecule has 136 valence electrons. The second-order valence-electron chi connectivity index (χ2n) is 5.80. The molecule has 0 spiro atoms. The van der Waals surface area contributed by atoms with Gasteiger partial charge >= 0.3 is 6.18 Å². The summed E-state index contributed by atoms with van der Waals surface area (Å²) in [6.07, 6.45) is -3.76. The van der Waals surface area contributed by atoms with Gasteiger partial charge in [0, 0.05) is 29.7 Å². The Labute approximate surface area is 151 Å². The van der Waals surface area contributed by atoms with Crippen molar-refractivity contribution in [1.29, 1.82) is 0 Å². The van der Waals surface area contributed by atoms with Gasteiger partial charge in [-0.1, -0.05) is 29.8 Å². The Kier molecular flexibility index (Phi) is 4.20. The van der Waals surface area contributed by atoms with Crippen LogP contribution in [0.25, 0.3) is 5.78 Å². The van der Waals surface area contributed by atoms with Crippen molar-refractivity contribution in [1.82, 2.24) is 19.6 Å². The molecule has 0 bridgehead atoms. The van der Waals surface area contributed by atoms with Crippen molar-refractivity contribution in [2.45, 2.75) is 12.3 Å². The van der Waals surface area contributed by atoms with Crippen LogP contribution in [0.3, 0.4) is 0 Å². The summed E-state index contributed by atoms with van der Waals surface area (Å²) in [7, 11) is 0. The summed E-state index contributed by atoms with van der Waals surface area (Å²) < 4.78 is 46.6. The summed E-state index contributed by atoms with van der Waals surface area (Å²) >= 11 is 6.23. The zero-order valence-electron chi connectivity index (χ0n) is 13.3. The van der Waals surface area contributed by atoms with Gasteiger partial charge in [0.15, 0.2) is 5.69 Å². The zero-order valence-corrected chi connectivity index (χ0v) is 14.1. The van der Waals surface area contributed by atoms with Crippen LogP contribution in [0.4, 0.5) is 19.0 Å². The van der Waals surface area contributed by atoms with Gasteiger partial charge in [-0.05, 0) is 6.07 Å². The monoisotopic (exact) mass is 383 g/mol. The van der Waals surface area contributed by atoms with Crippen LogP contribution in [0, 0.1) is 0 Å². The van der Waals surface area contributed by atoms with E-state index in [2.05, 4.69) is 15.1 Å². The highest BCUT2D eigenvalue weighted by atomic mass is 35.5. The van der Waals surface area contributed by atoms with Crippen molar-refractivity contribution < 1.29 is 17.9 Å². The lowest BCUT2D eigenvalue weighted by atomic mass is 10.1. The highest BCUT2D eigenvalue weighted by molar-refractivity contribution is 6.31. The fourth-order valence-corrected chi connectivity index (χ4v) is 3.21. The number of halogens is 4. The molecule has 1 atom stereocenters. The van der Waals surface area contributed by atoms with Crippen LogP contribution < -0.4 is 4.90 Å². The van der Waals surface area contributed by atoms with E-state index in [1.165, 1.54) is 10.8 Å². The molecule has 1 aliphatic rings. The van der Waals surface area contributed by atoms with Crippen molar-refractivity contribution in [3.05, 3.63) is 52.9 Å². The highest BCUT2D eigenvalue weighted by Gasteiger charge is 2.35. The second-order valence-corrected chi connectivity index (χ2v) is 6.20. The smallest absolute Gasteiger partial charge is 0.370 e. The molecule has 1 aliphatic heterocycles. The van der Waals surface area contributed by atoms with Gasteiger partial charge in [0.05, 0.1) is 6.61 Å². The molecule has 0 N–H and O–H groups in total. The number of hydrogen-bond acceptors (Lipinski definition) is 5. The molecule has 1 aromatic carbocycles. The van der Waals surface area contributed by atoms with E-state index in [-0.39, 0.29) is 17.7 Å². The lowest BCUT2D eigenvalue weighted by molar-refractivity contribution is -0.141. The van der Waals surface area contributed by atoms with E-state index < -0.39 is 11.9 Å². The third kappa shape index (κ3) is 3.08. The first kappa shape index (κ1) is 17.0. The van der Waals surface area contributed by atoms with Crippen molar-refractivity contribution in [3.63, 3.8) is 0 Å². The standard InChI is InChI=1S/C16H13ClF3N5O/c17-11-4-2-1-3-10(11)12-8-24(5-6-26-12)14-7-13(16(18,19)20)23-15-21-9-22-25(14)15/h1-4,7,9,12H,5-6,8H2. The molecule has 1 unspecified atom stereocenters. The van der Waals surface area contributed by atoms with Crippen LogP contribution in [0.2, 0.25) is 5.02 Å². The first-order chi connectivity index (χ1) is 12.4. The molecule has 2 aromatic heterocycles. The van der Waals surface area contributed by atoms with E-state index in [0.29, 0.717) is 24.7 Å². The average molecular weight is 384 g/mol. The van der Waals surface area contributed by atoms with Gasteiger partial charge in [-0.2, -0.15) is 27.8 Å². The molecule has 1 fully saturated rings. The summed E-state index contributed by atoms with van der Waals surface area (Å²) in [5.74, 6) is 0.163. The molecule has 3 aromatic rings. The number of nitrogens with zero attached hydrogens (tertiary/aromatic N) is 5. The summed E-state index contributed by atoms with van der Waals surface area (Å²) in [5.41, 5.74) is -0.215. The number of alkyl halides is 3. The summed E-state index contributed by atoms with van der Waals surface area (Å²) in [6, 6.07) is 8.23.